The summed E-state index contributed by atoms with van der Waals surface area (Å²) in [5.41, 5.74) is 3.04. The molecule has 0 unspecified atom stereocenters. The Kier molecular flexibility index (Phi) is 7.73. The zero-order valence-corrected chi connectivity index (χ0v) is 15.0. The number of nitrogens with zero attached hydrogens (tertiary/aromatic N) is 1. The Morgan fingerprint density at radius 3 is 2.67 bits per heavy atom. The Hall–Kier alpha value is -1.90. The van der Waals surface area contributed by atoms with E-state index in [2.05, 4.69) is 25.2 Å². The van der Waals surface area contributed by atoms with Crippen LogP contribution in [0.25, 0.3) is 0 Å². The van der Waals surface area contributed by atoms with Crippen LogP contribution in [0.2, 0.25) is 0 Å². The SMILES string of the molecule is C/C=C1/C=CC=C/C1=N/C(=C/CC)CCC(=O)OC1CCCCC1. The minimum atomic E-state index is -0.0885. The molecule has 1 saturated carbocycles. The van der Waals surface area contributed by atoms with Crippen LogP contribution in [0.5, 0.6) is 0 Å². The van der Waals surface area contributed by atoms with E-state index in [9.17, 15) is 4.79 Å². The molecule has 2 aliphatic carbocycles. The third kappa shape index (κ3) is 5.95. The number of carbonyl (C=O) groups excluding carboxylic acids is 1. The fourth-order valence-electron chi connectivity index (χ4n) is 3.09. The number of hydrogen-bond donors (Lipinski definition) is 0. The van der Waals surface area contributed by atoms with Gasteiger partial charge in [-0.2, -0.15) is 0 Å². The van der Waals surface area contributed by atoms with Crippen LogP contribution in [0.1, 0.15) is 65.2 Å². The normalized spacial score (nSPS) is 22.3. The number of esters is 1. The molecular weight excluding hydrogens is 298 g/mol. The molecule has 3 nitrogen and oxygen atoms in total. The van der Waals surface area contributed by atoms with Crippen LogP contribution in [0.3, 0.4) is 0 Å². The average molecular weight is 327 g/mol. The maximum absolute atomic E-state index is 12.1. The van der Waals surface area contributed by atoms with E-state index in [-0.39, 0.29) is 12.1 Å². The third-order valence-corrected chi connectivity index (χ3v) is 4.39. The minimum absolute atomic E-state index is 0.0885. The van der Waals surface area contributed by atoms with Crippen molar-refractivity contribution in [1.82, 2.24) is 0 Å². The van der Waals surface area contributed by atoms with Gasteiger partial charge in [-0.15, -0.1) is 0 Å². The first-order valence-electron chi connectivity index (χ1n) is 9.21. The van der Waals surface area contributed by atoms with Crippen molar-refractivity contribution in [3.8, 4) is 0 Å². The quantitative estimate of drug-likeness (QED) is 0.608. The van der Waals surface area contributed by atoms with Gasteiger partial charge in [0.2, 0.25) is 0 Å². The van der Waals surface area contributed by atoms with Crippen molar-refractivity contribution in [2.75, 3.05) is 0 Å². The number of ether oxygens (including phenoxy) is 1. The molecule has 0 spiro atoms. The molecule has 0 aromatic carbocycles. The van der Waals surface area contributed by atoms with Gasteiger partial charge in [0.25, 0.3) is 0 Å². The zero-order valence-electron chi connectivity index (χ0n) is 15.0. The van der Waals surface area contributed by atoms with Crippen molar-refractivity contribution in [3.05, 3.63) is 47.7 Å². The lowest BCUT2D eigenvalue weighted by molar-refractivity contribution is -0.150. The third-order valence-electron chi connectivity index (χ3n) is 4.39. The lowest BCUT2D eigenvalue weighted by atomic mass is 9.98. The van der Waals surface area contributed by atoms with Crippen LogP contribution in [0.4, 0.5) is 0 Å². The van der Waals surface area contributed by atoms with Gasteiger partial charge in [0, 0.05) is 5.70 Å². The van der Waals surface area contributed by atoms with E-state index in [4.69, 9.17) is 9.73 Å². The van der Waals surface area contributed by atoms with Gasteiger partial charge >= 0.3 is 5.97 Å². The molecule has 0 heterocycles. The maximum Gasteiger partial charge on any atom is 0.306 e. The molecule has 2 rings (SSSR count). The number of allylic oxidation sites excluding steroid dienone is 8. The second-order valence-corrected chi connectivity index (χ2v) is 6.31. The van der Waals surface area contributed by atoms with E-state index in [1.165, 1.54) is 19.3 Å². The van der Waals surface area contributed by atoms with Crippen molar-refractivity contribution in [1.29, 1.82) is 0 Å². The van der Waals surface area contributed by atoms with E-state index in [1.54, 1.807) is 0 Å². The van der Waals surface area contributed by atoms with Gasteiger partial charge in [-0.05, 0) is 57.1 Å². The summed E-state index contributed by atoms with van der Waals surface area (Å²) in [7, 11) is 0. The predicted octanol–water partition coefficient (Wildman–Crippen LogP) is 5.45. The zero-order chi connectivity index (χ0) is 17.2. The van der Waals surface area contributed by atoms with Gasteiger partial charge in [0.15, 0.2) is 0 Å². The van der Waals surface area contributed by atoms with Crippen LogP contribution in [0, 0.1) is 0 Å². The molecule has 0 aliphatic heterocycles. The van der Waals surface area contributed by atoms with Crippen molar-refractivity contribution >= 4 is 11.7 Å². The van der Waals surface area contributed by atoms with Crippen molar-refractivity contribution in [2.45, 2.75) is 71.3 Å². The highest BCUT2D eigenvalue weighted by Gasteiger charge is 2.17. The summed E-state index contributed by atoms with van der Waals surface area (Å²) < 4.78 is 5.60. The fourth-order valence-corrected chi connectivity index (χ4v) is 3.09. The molecule has 24 heavy (non-hydrogen) atoms. The molecule has 0 saturated heterocycles. The van der Waals surface area contributed by atoms with Gasteiger partial charge in [-0.3, -0.25) is 9.79 Å². The smallest absolute Gasteiger partial charge is 0.306 e. The minimum Gasteiger partial charge on any atom is -0.462 e. The summed E-state index contributed by atoms with van der Waals surface area (Å²) in [6.45, 7) is 4.10. The van der Waals surface area contributed by atoms with E-state index in [0.29, 0.717) is 12.8 Å². The summed E-state index contributed by atoms with van der Waals surface area (Å²) in [5, 5.41) is 0. The summed E-state index contributed by atoms with van der Waals surface area (Å²) >= 11 is 0. The van der Waals surface area contributed by atoms with E-state index < -0.39 is 0 Å². The largest absolute Gasteiger partial charge is 0.462 e. The van der Waals surface area contributed by atoms with E-state index in [0.717, 1.165) is 36.2 Å². The second-order valence-electron chi connectivity index (χ2n) is 6.31. The average Bonchev–Trinajstić information content (AvgIpc) is 2.61. The van der Waals surface area contributed by atoms with Gasteiger partial charge in [-0.25, -0.2) is 0 Å². The monoisotopic (exact) mass is 327 g/mol. The topological polar surface area (TPSA) is 38.7 Å². The van der Waals surface area contributed by atoms with Crippen molar-refractivity contribution < 1.29 is 9.53 Å². The van der Waals surface area contributed by atoms with Crippen molar-refractivity contribution in [3.63, 3.8) is 0 Å². The van der Waals surface area contributed by atoms with Crippen LogP contribution in [-0.4, -0.2) is 17.8 Å². The first-order valence-corrected chi connectivity index (χ1v) is 9.21. The van der Waals surface area contributed by atoms with Gasteiger partial charge in [0.1, 0.15) is 6.10 Å². The number of carbonyl (C=O) groups is 1. The number of rotatable bonds is 6. The molecule has 0 aromatic rings. The Bertz CT molecular complexity index is 573. The molecule has 0 aromatic heterocycles. The van der Waals surface area contributed by atoms with Gasteiger partial charge < -0.3 is 4.74 Å². The molecule has 130 valence electrons. The molecule has 0 atom stereocenters. The predicted molar refractivity (Wildman–Crippen MR) is 100 cm³/mol. The molecule has 0 bridgehead atoms. The van der Waals surface area contributed by atoms with Crippen LogP contribution in [-0.2, 0) is 9.53 Å². The highest BCUT2D eigenvalue weighted by Crippen LogP contribution is 2.21. The first kappa shape index (κ1) is 18.4. The summed E-state index contributed by atoms with van der Waals surface area (Å²) in [6.07, 6.45) is 20.0. The second kappa shape index (κ2) is 10.1. The summed E-state index contributed by atoms with van der Waals surface area (Å²) in [5.74, 6) is -0.0885. The standard InChI is InChI=1S/C21H29NO2/c1-3-10-18(22-20-14-9-8-11-17(20)4-2)15-16-21(23)24-19-12-6-5-7-13-19/h4,8-11,14,19H,3,5-7,12-13,15-16H2,1-2H3/b17-4-,18-10+,22-20-. The molecule has 3 heteroatoms. The first-order chi connectivity index (χ1) is 11.7. The summed E-state index contributed by atoms with van der Waals surface area (Å²) in [4.78, 5) is 16.9. The Morgan fingerprint density at radius 1 is 1.21 bits per heavy atom. The number of hydrogen-bond acceptors (Lipinski definition) is 3. The van der Waals surface area contributed by atoms with Crippen LogP contribution >= 0.6 is 0 Å². The molecule has 2 aliphatic rings. The van der Waals surface area contributed by atoms with E-state index in [1.807, 2.05) is 25.2 Å². The fraction of sp³-hybridized carbons (Fsp3) is 0.524. The number of aliphatic imine (C=N–C) groups is 1. The molecular formula is C21H29NO2. The molecule has 0 N–H and O–H groups in total. The molecule has 1 fully saturated rings. The lowest BCUT2D eigenvalue weighted by Gasteiger charge is -2.21. The van der Waals surface area contributed by atoms with Gasteiger partial charge in [-0.1, -0.05) is 43.7 Å². The molecule has 0 radical (unpaired) electrons. The van der Waals surface area contributed by atoms with Crippen molar-refractivity contribution in [2.24, 2.45) is 4.99 Å². The van der Waals surface area contributed by atoms with Crippen LogP contribution < -0.4 is 0 Å². The summed E-state index contributed by atoms with van der Waals surface area (Å²) in [6, 6.07) is 0. The van der Waals surface area contributed by atoms with E-state index >= 15 is 0 Å². The Morgan fingerprint density at radius 2 is 1.96 bits per heavy atom. The highest BCUT2D eigenvalue weighted by molar-refractivity contribution is 6.11. The van der Waals surface area contributed by atoms with Gasteiger partial charge in [0.05, 0.1) is 12.1 Å². The highest BCUT2D eigenvalue weighted by atomic mass is 16.5. The maximum atomic E-state index is 12.1. The Balaban J connectivity index is 1.91. The molecule has 0 amide bonds. The Labute approximate surface area is 145 Å². The van der Waals surface area contributed by atoms with Crippen LogP contribution in [0.15, 0.2) is 52.7 Å². The lowest BCUT2D eigenvalue weighted by Crippen LogP contribution is -2.20.